The van der Waals surface area contributed by atoms with Gasteiger partial charge in [-0.3, -0.25) is 4.90 Å². The number of hydrogen-bond acceptors (Lipinski definition) is 3. The fourth-order valence-corrected chi connectivity index (χ4v) is 2.74. The fourth-order valence-electron chi connectivity index (χ4n) is 2.53. The summed E-state index contributed by atoms with van der Waals surface area (Å²) in [6.45, 7) is 8.53. The Morgan fingerprint density at radius 2 is 2.00 bits per heavy atom. The van der Waals surface area contributed by atoms with E-state index in [0.29, 0.717) is 5.02 Å². The molecule has 1 radical (unpaired) electrons. The first kappa shape index (κ1) is 17.1. The van der Waals surface area contributed by atoms with Gasteiger partial charge in [-0.2, -0.15) is 0 Å². The van der Waals surface area contributed by atoms with E-state index in [0.717, 1.165) is 44.7 Å². The summed E-state index contributed by atoms with van der Waals surface area (Å²) in [7, 11) is 0. The van der Waals surface area contributed by atoms with Crippen molar-refractivity contribution in [2.45, 2.75) is 25.9 Å². The quantitative estimate of drug-likeness (QED) is 0.750. The molecule has 5 heteroatoms. The minimum atomic E-state index is -0.239. The minimum absolute atomic E-state index is 0.239. The van der Waals surface area contributed by atoms with Crippen molar-refractivity contribution in [3.63, 3.8) is 0 Å². The van der Waals surface area contributed by atoms with Crippen LogP contribution in [0.1, 0.15) is 24.8 Å². The molecule has 1 aromatic rings. The first-order valence-corrected chi connectivity index (χ1v) is 8.24. The maximum Gasteiger partial charge on any atom is 0.410 e. The van der Waals surface area contributed by atoms with Crippen molar-refractivity contribution >= 4 is 17.7 Å². The van der Waals surface area contributed by atoms with E-state index in [1.807, 2.05) is 18.2 Å². The molecule has 4 nitrogen and oxygen atoms in total. The molecule has 22 heavy (non-hydrogen) atoms. The number of nitrogens with zero attached hydrogens (tertiary/aromatic N) is 2. The Labute approximate surface area is 138 Å². The lowest BCUT2D eigenvalue weighted by Gasteiger charge is -2.34. The Morgan fingerprint density at radius 3 is 2.68 bits per heavy atom. The molecular weight excluding hydrogens is 300 g/mol. The SMILES string of the molecule is [CH2]CCCCN1CCN(C(=O)OCc2cccc(Cl)c2)CC1. The number of ether oxygens (including phenoxy) is 1. The van der Waals surface area contributed by atoms with E-state index in [-0.39, 0.29) is 12.7 Å². The lowest BCUT2D eigenvalue weighted by molar-refractivity contribution is 0.0713. The number of carbonyl (C=O) groups excluding carboxylic acids is 1. The molecule has 0 aliphatic carbocycles. The summed E-state index contributed by atoms with van der Waals surface area (Å²) in [4.78, 5) is 16.2. The standard InChI is InChI=1S/C17H24ClN2O2/c1-2-3-4-8-19-9-11-20(12-10-19)17(21)22-14-15-6-5-7-16(18)13-15/h5-7,13H,1-4,8-12,14H2. The molecule has 0 bridgehead atoms. The second-order valence-electron chi connectivity index (χ2n) is 5.57. The molecule has 1 aliphatic heterocycles. The highest BCUT2D eigenvalue weighted by Crippen LogP contribution is 2.12. The zero-order valence-electron chi connectivity index (χ0n) is 13.0. The van der Waals surface area contributed by atoms with Crippen molar-refractivity contribution in [1.29, 1.82) is 0 Å². The molecule has 1 aliphatic rings. The molecule has 0 unspecified atom stereocenters. The smallest absolute Gasteiger partial charge is 0.410 e. The number of piperazine rings is 1. The highest BCUT2D eigenvalue weighted by molar-refractivity contribution is 6.30. The Kier molecular flexibility index (Phi) is 7.00. The summed E-state index contributed by atoms with van der Waals surface area (Å²) in [5.74, 6) is 0. The van der Waals surface area contributed by atoms with Crippen molar-refractivity contribution < 1.29 is 9.53 Å². The molecule has 0 atom stereocenters. The van der Waals surface area contributed by atoms with Gasteiger partial charge in [0.1, 0.15) is 6.61 Å². The van der Waals surface area contributed by atoms with Gasteiger partial charge < -0.3 is 9.64 Å². The fraction of sp³-hybridized carbons (Fsp3) is 0.529. The van der Waals surface area contributed by atoms with Gasteiger partial charge in [0.15, 0.2) is 0 Å². The zero-order chi connectivity index (χ0) is 15.8. The molecular formula is C17H24ClN2O2. The van der Waals surface area contributed by atoms with Crippen LogP contribution in [0, 0.1) is 6.92 Å². The highest BCUT2D eigenvalue weighted by atomic mass is 35.5. The van der Waals surface area contributed by atoms with Gasteiger partial charge in [-0.05, 0) is 30.7 Å². The van der Waals surface area contributed by atoms with Gasteiger partial charge in [0.25, 0.3) is 0 Å². The van der Waals surface area contributed by atoms with E-state index in [1.165, 1.54) is 12.8 Å². The van der Waals surface area contributed by atoms with E-state index >= 15 is 0 Å². The monoisotopic (exact) mass is 323 g/mol. The van der Waals surface area contributed by atoms with Crippen LogP contribution in [0.15, 0.2) is 24.3 Å². The molecule has 2 rings (SSSR count). The Balaban J connectivity index is 1.69. The highest BCUT2D eigenvalue weighted by Gasteiger charge is 2.21. The molecule has 1 amide bonds. The van der Waals surface area contributed by atoms with Gasteiger partial charge in [-0.15, -0.1) is 0 Å². The molecule has 1 saturated heterocycles. The lowest BCUT2D eigenvalue weighted by atomic mass is 10.2. The average Bonchev–Trinajstić information content (AvgIpc) is 2.54. The molecule has 1 heterocycles. The molecule has 1 fully saturated rings. The molecule has 0 aromatic heterocycles. The van der Waals surface area contributed by atoms with E-state index in [4.69, 9.17) is 16.3 Å². The number of benzene rings is 1. The molecule has 0 saturated carbocycles. The summed E-state index contributed by atoms with van der Waals surface area (Å²) >= 11 is 5.92. The third-order valence-corrected chi connectivity index (χ3v) is 4.09. The Morgan fingerprint density at radius 1 is 1.23 bits per heavy atom. The summed E-state index contributed by atoms with van der Waals surface area (Å²) in [5, 5.41) is 0.657. The second-order valence-corrected chi connectivity index (χ2v) is 6.01. The predicted octanol–water partition coefficient (Wildman–Crippen LogP) is 3.60. The van der Waals surface area contributed by atoms with Crippen LogP contribution >= 0.6 is 11.6 Å². The van der Waals surface area contributed by atoms with Gasteiger partial charge in [-0.25, -0.2) is 4.79 Å². The minimum Gasteiger partial charge on any atom is -0.445 e. The largest absolute Gasteiger partial charge is 0.445 e. The van der Waals surface area contributed by atoms with Crippen LogP contribution < -0.4 is 0 Å². The van der Waals surface area contributed by atoms with Gasteiger partial charge in [-0.1, -0.05) is 43.5 Å². The first-order valence-electron chi connectivity index (χ1n) is 7.87. The molecule has 0 spiro atoms. The summed E-state index contributed by atoms with van der Waals surface area (Å²) in [6.07, 6.45) is 3.11. The third-order valence-electron chi connectivity index (χ3n) is 3.86. The van der Waals surface area contributed by atoms with Gasteiger partial charge in [0, 0.05) is 31.2 Å². The van der Waals surface area contributed by atoms with Crippen molar-refractivity contribution in [1.82, 2.24) is 9.80 Å². The first-order chi connectivity index (χ1) is 10.7. The average molecular weight is 324 g/mol. The lowest BCUT2D eigenvalue weighted by Crippen LogP contribution is -2.48. The number of hydrogen-bond donors (Lipinski definition) is 0. The zero-order valence-corrected chi connectivity index (χ0v) is 13.7. The van der Waals surface area contributed by atoms with E-state index in [2.05, 4.69) is 11.8 Å². The van der Waals surface area contributed by atoms with Crippen molar-refractivity contribution in [2.75, 3.05) is 32.7 Å². The number of halogens is 1. The number of unbranched alkanes of at least 4 members (excludes halogenated alkanes) is 2. The maximum absolute atomic E-state index is 12.1. The summed E-state index contributed by atoms with van der Waals surface area (Å²) < 4.78 is 5.36. The predicted molar refractivity (Wildman–Crippen MR) is 88.9 cm³/mol. The van der Waals surface area contributed by atoms with E-state index in [9.17, 15) is 4.79 Å². The third kappa shape index (κ3) is 5.50. The van der Waals surface area contributed by atoms with Crippen LogP contribution in [0.2, 0.25) is 5.02 Å². The van der Waals surface area contributed by atoms with Crippen LogP contribution in [0.3, 0.4) is 0 Å². The van der Waals surface area contributed by atoms with Gasteiger partial charge in [0.2, 0.25) is 0 Å². The van der Waals surface area contributed by atoms with Gasteiger partial charge >= 0.3 is 6.09 Å². The number of amides is 1. The second kappa shape index (κ2) is 9.01. The van der Waals surface area contributed by atoms with Crippen molar-refractivity contribution in [2.24, 2.45) is 0 Å². The molecule has 0 N–H and O–H groups in total. The van der Waals surface area contributed by atoms with Crippen LogP contribution in [-0.2, 0) is 11.3 Å². The summed E-state index contributed by atoms with van der Waals surface area (Å²) in [6, 6.07) is 7.38. The number of rotatable bonds is 6. The van der Waals surface area contributed by atoms with Crippen LogP contribution in [0.4, 0.5) is 4.79 Å². The molecule has 1 aromatic carbocycles. The Hall–Kier alpha value is -1.26. The maximum atomic E-state index is 12.1. The van der Waals surface area contributed by atoms with Gasteiger partial charge in [0.05, 0.1) is 0 Å². The van der Waals surface area contributed by atoms with Crippen LogP contribution in [0.25, 0.3) is 0 Å². The van der Waals surface area contributed by atoms with E-state index < -0.39 is 0 Å². The number of carbonyl (C=O) groups is 1. The topological polar surface area (TPSA) is 32.8 Å². The van der Waals surface area contributed by atoms with Crippen molar-refractivity contribution in [3.8, 4) is 0 Å². The summed E-state index contributed by atoms with van der Waals surface area (Å²) in [5.41, 5.74) is 0.910. The Bertz CT molecular complexity index is 473. The van der Waals surface area contributed by atoms with Crippen molar-refractivity contribution in [3.05, 3.63) is 41.8 Å². The molecule has 121 valence electrons. The van der Waals surface area contributed by atoms with Crippen LogP contribution in [-0.4, -0.2) is 48.6 Å². The van der Waals surface area contributed by atoms with E-state index in [1.54, 1.807) is 11.0 Å². The van der Waals surface area contributed by atoms with Crippen LogP contribution in [0.5, 0.6) is 0 Å². The normalized spacial score (nSPS) is 15.8.